The molecule has 30 heavy (non-hydrogen) atoms. The van der Waals surface area contributed by atoms with Gasteiger partial charge >= 0.3 is 5.97 Å². The Morgan fingerprint density at radius 3 is 2.20 bits per heavy atom. The van der Waals surface area contributed by atoms with Gasteiger partial charge in [0, 0.05) is 21.8 Å². The number of thioether (sulfide) groups is 1. The minimum absolute atomic E-state index is 0.119. The topological polar surface area (TPSA) is 35.5 Å². The van der Waals surface area contributed by atoms with Crippen molar-refractivity contribution >= 4 is 26.0 Å². The Bertz CT molecular complexity index is 718. The zero-order valence-electron chi connectivity index (χ0n) is 20.2. The van der Waals surface area contributed by atoms with Crippen LogP contribution in [0.3, 0.4) is 0 Å². The van der Waals surface area contributed by atoms with Crippen molar-refractivity contribution in [1.29, 1.82) is 0 Å². The van der Waals surface area contributed by atoms with Crippen molar-refractivity contribution < 1.29 is 14.0 Å². The molecule has 0 fully saturated rings. The molecule has 0 spiro atoms. The molecule has 0 bridgehead atoms. The summed E-state index contributed by atoms with van der Waals surface area (Å²) in [5, 5.41) is 0.162. The highest BCUT2D eigenvalue weighted by Gasteiger charge is 2.40. The van der Waals surface area contributed by atoms with Gasteiger partial charge in [0.05, 0.1) is 12.7 Å². The molecule has 1 aromatic rings. The third-order valence-electron chi connectivity index (χ3n) is 5.49. The van der Waals surface area contributed by atoms with E-state index in [1.54, 1.807) is 11.8 Å². The average molecular weight is 449 g/mol. The molecule has 0 N–H and O–H groups in total. The zero-order chi connectivity index (χ0) is 22.9. The van der Waals surface area contributed by atoms with E-state index in [0.717, 1.165) is 9.80 Å². The SMILES string of the molecule is CCOC(=O)/C=C/C(=C/[C@H](C)[C@H](O[Si](C)(C)C(C)(C)C)C(C)C)Sc1ccccc1. The summed E-state index contributed by atoms with van der Waals surface area (Å²) < 4.78 is 11.9. The maximum Gasteiger partial charge on any atom is 0.330 e. The quantitative estimate of drug-likeness (QED) is 0.122. The normalized spacial score (nSPS) is 15.5. The van der Waals surface area contributed by atoms with Gasteiger partial charge in [0.2, 0.25) is 0 Å². The fourth-order valence-corrected chi connectivity index (χ4v) is 5.32. The van der Waals surface area contributed by atoms with E-state index < -0.39 is 8.32 Å². The highest BCUT2D eigenvalue weighted by atomic mass is 32.2. The average Bonchev–Trinajstić information content (AvgIpc) is 2.64. The highest BCUT2D eigenvalue weighted by molar-refractivity contribution is 8.03. The summed E-state index contributed by atoms with van der Waals surface area (Å²) in [5.41, 5.74) is 0. The van der Waals surface area contributed by atoms with E-state index in [-0.39, 0.29) is 23.0 Å². The summed E-state index contributed by atoms with van der Waals surface area (Å²) in [6.45, 7) is 20.3. The van der Waals surface area contributed by atoms with Crippen LogP contribution in [-0.4, -0.2) is 27.0 Å². The molecule has 0 amide bonds. The fraction of sp³-hybridized carbons (Fsp3) is 0.560. The first kappa shape index (κ1) is 26.7. The first-order valence-corrected chi connectivity index (χ1v) is 14.6. The number of allylic oxidation sites excluding steroid dienone is 1. The Labute approximate surface area is 189 Å². The second kappa shape index (κ2) is 11.9. The third-order valence-corrected chi connectivity index (χ3v) is 11.0. The van der Waals surface area contributed by atoms with Crippen molar-refractivity contribution in [2.45, 2.75) is 77.6 Å². The van der Waals surface area contributed by atoms with Crippen LogP contribution in [0.2, 0.25) is 18.1 Å². The monoisotopic (exact) mass is 448 g/mol. The Kier molecular flexibility index (Phi) is 10.6. The summed E-state index contributed by atoms with van der Waals surface area (Å²) in [5.74, 6) is 0.280. The standard InChI is InChI=1S/C25H40O3SSi/c1-10-27-23(26)17-16-22(29-21-14-12-11-13-15-21)18-20(4)24(19(2)3)28-30(8,9)25(5,6)7/h11-20,24H,10H2,1-9H3/b17-16+,22-18-/t20-,24+/m0/s1. The molecule has 0 unspecified atom stereocenters. The molecule has 0 aromatic heterocycles. The molecule has 168 valence electrons. The van der Waals surface area contributed by atoms with Gasteiger partial charge in [0.1, 0.15) is 0 Å². The van der Waals surface area contributed by atoms with Gasteiger partial charge in [-0.15, -0.1) is 0 Å². The molecule has 0 radical (unpaired) electrons. The van der Waals surface area contributed by atoms with E-state index in [1.165, 1.54) is 6.08 Å². The molecular weight excluding hydrogens is 408 g/mol. The number of hydrogen-bond acceptors (Lipinski definition) is 4. The predicted octanol–water partition coefficient (Wildman–Crippen LogP) is 7.46. The van der Waals surface area contributed by atoms with E-state index in [9.17, 15) is 4.79 Å². The number of ether oxygens (including phenoxy) is 1. The molecule has 0 aliphatic carbocycles. The van der Waals surface area contributed by atoms with Crippen molar-refractivity contribution in [2.75, 3.05) is 6.61 Å². The summed E-state index contributed by atoms with van der Waals surface area (Å²) in [4.78, 5) is 14.0. The van der Waals surface area contributed by atoms with Crippen LogP contribution in [0, 0.1) is 11.8 Å². The number of esters is 1. The lowest BCUT2D eigenvalue weighted by Gasteiger charge is -2.42. The van der Waals surface area contributed by atoms with Crippen LogP contribution in [-0.2, 0) is 14.0 Å². The van der Waals surface area contributed by atoms with Crippen molar-refractivity contribution in [3.63, 3.8) is 0 Å². The van der Waals surface area contributed by atoms with Gasteiger partial charge in [-0.25, -0.2) is 4.79 Å². The van der Waals surface area contributed by atoms with Crippen LogP contribution >= 0.6 is 11.8 Å². The Balaban J connectivity index is 3.17. The van der Waals surface area contributed by atoms with Gasteiger partial charge in [-0.3, -0.25) is 0 Å². The van der Waals surface area contributed by atoms with Gasteiger partial charge in [0.25, 0.3) is 0 Å². The molecule has 1 aromatic carbocycles. The lowest BCUT2D eigenvalue weighted by molar-refractivity contribution is -0.137. The molecule has 0 saturated carbocycles. The largest absolute Gasteiger partial charge is 0.463 e. The van der Waals surface area contributed by atoms with Crippen molar-refractivity contribution in [1.82, 2.24) is 0 Å². The van der Waals surface area contributed by atoms with Crippen molar-refractivity contribution in [3.8, 4) is 0 Å². The van der Waals surface area contributed by atoms with Crippen LogP contribution < -0.4 is 0 Å². The third kappa shape index (κ3) is 8.82. The second-order valence-corrected chi connectivity index (χ2v) is 15.4. The van der Waals surface area contributed by atoms with Gasteiger partial charge in [-0.2, -0.15) is 0 Å². The maximum atomic E-state index is 11.9. The van der Waals surface area contributed by atoms with E-state index in [0.29, 0.717) is 12.5 Å². The Hall–Kier alpha value is -1.30. The molecule has 2 atom stereocenters. The summed E-state index contributed by atoms with van der Waals surface area (Å²) in [6.07, 6.45) is 5.71. The van der Waals surface area contributed by atoms with E-state index >= 15 is 0 Å². The summed E-state index contributed by atoms with van der Waals surface area (Å²) >= 11 is 1.65. The molecule has 5 heteroatoms. The second-order valence-electron chi connectivity index (χ2n) is 9.52. The number of benzene rings is 1. The minimum Gasteiger partial charge on any atom is -0.463 e. The number of carbonyl (C=O) groups is 1. The Morgan fingerprint density at radius 2 is 1.70 bits per heavy atom. The predicted molar refractivity (Wildman–Crippen MR) is 132 cm³/mol. The minimum atomic E-state index is -1.89. The number of rotatable bonds is 10. The maximum absolute atomic E-state index is 11.9. The first-order chi connectivity index (χ1) is 13.9. The molecular formula is C25H40O3SSi. The first-order valence-electron chi connectivity index (χ1n) is 10.8. The van der Waals surface area contributed by atoms with E-state index in [1.807, 2.05) is 31.2 Å². The lowest BCUT2D eigenvalue weighted by atomic mass is 9.94. The summed E-state index contributed by atoms with van der Waals surface area (Å²) in [6, 6.07) is 10.2. The van der Waals surface area contributed by atoms with Gasteiger partial charge < -0.3 is 9.16 Å². The van der Waals surface area contributed by atoms with Crippen LogP contribution in [0.1, 0.15) is 48.5 Å². The Morgan fingerprint density at radius 1 is 1.10 bits per heavy atom. The van der Waals surface area contributed by atoms with Crippen molar-refractivity contribution in [2.24, 2.45) is 11.8 Å². The van der Waals surface area contributed by atoms with E-state index in [2.05, 4.69) is 72.8 Å². The lowest BCUT2D eigenvalue weighted by Crippen LogP contribution is -2.46. The number of carbonyl (C=O) groups excluding carboxylic acids is 1. The number of hydrogen-bond donors (Lipinski definition) is 0. The van der Waals surface area contributed by atoms with Crippen LogP contribution in [0.4, 0.5) is 0 Å². The van der Waals surface area contributed by atoms with Crippen LogP contribution in [0.25, 0.3) is 0 Å². The molecule has 0 heterocycles. The smallest absolute Gasteiger partial charge is 0.330 e. The van der Waals surface area contributed by atoms with E-state index in [4.69, 9.17) is 9.16 Å². The highest BCUT2D eigenvalue weighted by Crippen LogP contribution is 2.40. The van der Waals surface area contributed by atoms with Gasteiger partial charge in [-0.1, -0.05) is 77.6 Å². The molecule has 1 rings (SSSR count). The van der Waals surface area contributed by atoms with Gasteiger partial charge in [-0.05, 0) is 49.2 Å². The van der Waals surface area contributed by atoms with Crippen LogP contribution in [0.5, 0.6) is 0 Å². The zero-order valence-corrected chi connectivity index (χ0v) is 22.0. The van der Waals surface area contributed by atoms with Crippen molar-refractivity contribution in [3.05, 3.63) is 53.5 Å². The summed E-state index contributed by atoms with van der Waals surface area (Å²) in [7, 11) is -1.89. The molecule has 3 nitrogen and oxygen atoms in total. The molecule has 0 aliphatic rings. The van der Waals surface area contributed by atoms with Crippen LogP contribution in [0.15, 0.2) is 58.4 Å². The molecule has 0 saturated heterocycles. The molecule has 0 aliphatic heterocycles. The fourth-order valence-electron chi connectivity index (χ4n) is 2.81. The van der Waals surface area contributed by atoms with Gasteiger partial charge in [0.15, 0.2) is 8.32 Å².